The lowest BCUT2D eigenvalue weighted by atomic mass is 9.99. The highest BCUT2D eigenvalue weighted by molar-refractivity contribution is 5.87. The third kappa shape index (κ3) is 6.48. The summed E-state index contributed by atoms with van der Waals surface area (Å²) in [6.07, 6.45) is -6.24. The lowest BCUT2D eigenvalue weighted by Gasteiger charge is -2.39. The van der Waals surface area contributed by atoms with E-state index in [2.05, 4.69) is 6.58 Å². The molecule has 1 heterocycles. The van der Waals surface area contributed by atoms with Gasteiger partial charge in [-0.05, 0) is 29.3 Å². The molecule has 31 heavy (non-hydrogen) atoms. The Bertz CT molecular complexity index is 791. The molecule has 172 valence electrons. The Hall–Kier alpha value is -2.51. The molecular weight excluding hydrogens is 416 g/mol. The van der Waals surface area contributed by atoms with Crippen molar-refractivity contribution in [3.8, 4) is 11.5 Å². The first-order valence-corrected chi connectivity index (χ1v) is 9.29. The topological polar surface area (TPSA) is 186 Å². The van der Waals surface area contributed by atoms with Gasteiger partial charge in [-0.2, -0.15) is 0 Å². The second-order valence-corrected chi connectivity index (χ2v) is 6.85. The summed E-state index contributed by atoms with van der Waals surface area (Å²) >= 11 is 0. The maximum absolute atomic E-state index is 12.1. The van der Waals surface area contributed by atoms with Crippen LogP contribution in [0.25, 0.3) is 6.08 Å². The molecule has 0 aliphatic carbocycles. The number of phenols is 2. The van der Waals surface area contributed by atoms with E-state index in [1.165, 1.54) is 24.3 Å². The van der Waals surface area contributed by atoms with Gasteiger partial charge in [-0.15, -0.1) is 0 Å². The molecular formula is C20H26O11. The van der Waals surface area contributed by atoms with E-state index in [0.29, 0.717) is 5.56 Å². The quantitative estimate of drug-likeness (QED) is 0.101. The van der Waals surface area contributed by atoms with Gasteiger partial charge in [-0.25, -0.2) is 4.79 Å². The number of carbonyl (C=O) groups is 1. The maximum Gasteiger partial charge on any atom is 0.331 e. The second kappa shape index (κ2) is 11.2. The van der Waals surface area contributed by atoms with Crippen molar-refractivity contribution in [3.05, 3.63) is 42.0 Å². The number of aliphatic hydroxyl groups is 5. The lowest BCUT2D eigenvalue weighted by molar-refractivity contribution is -0.304. The Morgan fingerprint density at radius 2 is 1.84 bits per heavy atom. The number of esters is 1. The number of benzene rings is 1. The predicted molar refractivity (Wildman–Crippen MR) is 105 cm³/mol. The number of aliphatic hydroxyl groups excluding tert-OH is 5. The van der Waals surface area contributed by atoms with Gasteiger partial charge in [0.05, 0.1) is 19.8 Å². The van der Waals surface area contributed by atoms with Gasteiger partial charge in [-0.3, -0.25) is 0 Å². The fourth-order valence-electron chi connectivity index (χ4n) is 2.71. The fraction of sp³-hybridized carbons (Fsp3) is 0.450. The Morgan fingerprint density at radius 1 is 1.13 bits per heavy atom. The third-order valence-electron chi connectivity index (χ3n) is 4.59. The molecule has 11 nitrogen and oxygen atoms in total. The predicted octanol–water partition coefficient (Wildman–Crippen LogP) is -1.61. The van der Waals surface area contributed by atoms with Crippen LogP contribution in [0, 0.1) is 0 Å². The van der Waals surface area contributed by atoms with Crippen molar-refractivity contribution in [1.29, 1.82) is 0 Å². The van der Waals surface area contributed by atoms with E-state index in [1.54, 1.807) is 0 Å². The molecule has 0 saturated carbocycles. The van der Waals surface area contributed by atoms with E-state index in [9.17, 15) is 40.5 Å². The SMILES string of the molecule is C=C(CO)C(CO[C@@H]1OC(CO)[C@@H](O)[C@@H](O)C1O)OC(=O)/C=C/c1ccc(O)c(O)c1. The summed E-state index contributed by atoms with van der Waals surface area (Å²) in [4.78, 5) is 12.1. The molecule has 1 aromatic carbocycles. The molecule has 11 heteroatoms. The van der Waals surface area contributed by atoms with Gasteiger partial charge in [0.1, 0.15) is 30.5 Å². The van der Waals surface area contributed by atoms with Gasteiger partial charge >= 0.3 is 5.97 Å². The van der Waals surface area contributed by atoms with Crippen LogP contribution in [0.15, 0.2) is 36.4 Å². The van der Waals surface area contributed by atoms with Crippen molar-refractivity contribution in [3.63, 3.8) is 0 Å². The summed E-state index contributed by atoms with van der Waals surface area (Å²) in [7, 11) is 0. The second-order valence-electron chi connectivity index (χ2n) is 6.85. The number of aromatic hydroxyl groups is 2. The molecule has 0 amide bonds. The van der Waals surface area contributed by atoms with Crippen molar-refractivity contribution in [2.24, 2.45) is 0 Å². The molecule has 1 fully saturated rings. The highest BCUT2D eigenvalue weighted by Gasteiger charge is 2.44. The van der Waals surface area contributed by atoms with E-state index >= 15 is 0 Å². The van der Waals surface area contributed by atoms with Crippen molar-refractivity contribution in [2.75, 3.05) is 19.8 Å². The normalized spacial score (nSPS) is 27.2. The molecule has 1 aliphatic rings. The molecule has 0 bridgehead atoms. The summed E-state index contributed by atoms with van der Waals surface area (Å²) < 4.78 is 15.7. The zero-order valence-corrected chi connectivity index (χ0v) is 16.4. The zero-order valence-electron chi connectivity index (χ0n) is 16.4. The molecule has 0 radical (unpaired) electrons. The fourth-order valence-corrected chi connectivity index (χ4v) is 2.71. The van der Waals surface area contributed by atoms with Crippen molar-refractivity contribution < 1.29 is 54.8 Å². The number of rotatable bonds is 9. The minimum absolute atomic E-state index is 0.0774. The standard InChI is InChI=1S/C20H26O11/c1-10(7-21)15(9-29-20-19(28)18(27)17(26)14(8-22)31-20)30-16(25)5-3-11-2-4-12(23)13(24)6-11/h2-6,14-15,17-24,26-28H,1,7-9H2/b5-3+/t14?,15?,17-,18-,19?,20-/m1/s1. The maximum atomic E-state index is 12.1. The Balaban J connectivity index is 2.00. The molecule has 7 N–H and O–H groups in total. The number of phenolic OH excluding ortho intramolecular Hbond substituents is 2. The summed E-state index contributed by atoms with van der Waals surface area (Å²) in [5, 5.41) is 66.9. The molecule has 6 atom stereocenters. The summed E-state index contributed by atoms with van der Waals surface area (Å²) in [6.45, 7) is 2.00. The first-order chi connectivity index (χ1) is 14.7. The van der Waals surface area contributed by atoms with Crippen LogP contribution >= 0.6 is 0 Å². The minimum Gasteiger partial charge on any atom is -0.504 e. The van der Waals surface area contributed by atoms with Crippen LogP contribution in [0.2, 0.25) is 0 Å². The molecule has 0 spiro atoms. The van der Waals surface area contributed by atoms with E-state index in [0.717, 1.165) is 6.08 Å². The zero-order chi connectivity index (χ0) is 23.1. The van der Waals surface area contributed by atoms with Crippen LogP contribution in [-0.4, -0.2) is 98.3 Å². The highest BCUT2D eigenvalue weighted by Crippen LogP contribution is 2.25. The van der Waals surface area contributed by atoms with Gasteiger partial charge in [-0.1, -0.05) is 12.6 Å². The summed E-state index contributed by atoms with van der Waals surface area (Å²) in [5.74, 6) is -1.52. The number of carbonyl (C=O) groups excluding carboxylic acids is 1. The molecule has 1 saturated heterocycles. The largest absolute Gasteiger partial charge is 0.504 e. The molecule has 2 rings (SSSR count). The van der Waals surface area contributed by atoms with Crippen LogP contribution in [0.4, 0.5) is 0 Å². The average molecular weight is 442 g/mol. The van der Waals surface area contributed by atoms with Gasteiger partial charge in [0.2, 0.25) is 0 Å². The highest BCUT2D eigenvalue weighted by atomic mass is 16.7. The van der Waals surface area contributed by atoms with Gasteiger partial charge in [0.15, 0.2) is 17.8 Å². The van der Waals surface area contributed by atoms with Crippen LogP contribution in [0.1, 0.15) is 5.56 Å². The smallest absolute Gasteiger partial charge is 0.331 e. The lowest BCUT2D eigenvalue weighted by Crippen LogP contribution is -2.59. The Kier molecular flexibility index (Phi) is 8.95. The van der Waals surface area contributed by atoms with Crippen molar-refractivity contribution in [1.82, 2.24) is 0 Å². The first kappa shape index (κ1) is 24.8. The summed E-state index contributed by atoms with van der Waals surface area (Å²) in [5.41, 5.74) is 0.482. The van der Waals surface area contributed by atoms with Crippen molar-refractivity contribution >= 4 is 12.0 Å². The van der Waals surface area contributed by atoms with Crippen LogP contribution in [-0.2, 0) is 19.0 Å². The number of hydrogen-bond acceptors (Lipinski definition) is 11. The molecule has 0 aromatic heterocycles. The molecule has 3 unspecified atom stereocenters. The van der Waals surface area contributed by atoms with Crippen LogP contribution in [0.5, 0.6) is 11.5 Å². The number of ether oxygens (including phenoxy) is 3. The van der Waals surface area contributed by atoms with Crippen LogP contribution in [0.3, 0.4) is 0 Å². The van der Waals surface area contributed by atoms with E-state index in [-0.39, 0.29) is 17.1 Å². The summed E-state index contributed by atoms with van der Waals surface area (Å²) in [6, 6.07) is 3.92. The van der Waals surface area contributed by atoms with E-state index < -0.39 is 62.6 Å². The first-order valence-electron chi connectivity index (χ1n) is 9.29. The monoisotopic (exact) mass is 442 g/mol. The Morgan fingerprint density at radius 3 is 2.45 bits per heavy atom. The van der Waals surface area contributed by atoms with Gasteiger partial charge < -0.3 is 50.0 Å². The third-order valence-corrected chi connectivity index (χ3v) is 4.59. The van der Waals surface area contributed by atoms with Crippen molar-refractivity contribution in [2.45, 2.75) is 36.8 Å². The minimum atomic E-state index is -1.64. The number of hydrogen-bond donors (Lipinski definition) is 7. The van der Waals surface area contributed by atoms with E-state index in [1.807, 2.05) is 0 Å². The Labute approximate surface area is 177 Å². The van der Waals surface area contributed by atoms with Crippen LogP contribution < -0.4 is 0 Å². The molecule has 1 aromatic rings. The van der Waals surface area contributed by atoms with E-state index in [4.69, 9.17) is 14.2 Å². The van der Waals surface area contributed by atoms with Gasteiger partial charge in [0.25, 0.3) is 0 Å². The van der Waals surface area contributed by atoms with Gasteiger partial charge in [0, 0.05) is 6.08 Å². The average Bonchev–Trinajstić information content (AvgIpc) is 2.76. The molecule has 1 aliphatic heterocycles.